The predicted octanol–water partition coefficient (Wildman–Crippen LogP) is 2.06. The van der Waals surface area contributed by atoms with Crippen LogP contribution in [0.1, 0.15) is 30.1 Å². The Morgan fingerprint density at radius 3 is 2.80 bits per heavy atom. The Hall–Kier alpha value is -1.66. The highest BCUT2D eigenvalue weighted by atomic mass is 79.9. The van der Waals surface area contributed by atoms with Crippen LogP contribution >= 0.6 is 15.9 Å². The van der Waals surface area contributed by atoms with Gasteiger partial charge in [-0.1, -0.05) is 28.1 Å². The lowest BCUT2D eigenvalue weighted by Crippen LogP contribution is -2.35. The van der Waals surface area contributed by atoms with E-state index in [4.69, 9.17) is 5.73 Å². The van der Waals surface area contributed by atoms with Gasteiger partial charge in [0.2, 0.25) is 5.91 Å². The summed E-state index contributed by atoms with van der Waals surface area (Å²) in [5.74, 6) is -0.217. The number of nitrogens with one attached hydrogen (secondary N) is 1. The summed E-state index contributed by atoms with van der Waals surface area (Å²) in [6, 6.07) is 7.00. The molecule has 1 amide bonds. The average molecular weight is 337 g/mol. The molecule has 0 bridgehead atoms. The lowest BCUT2D eigenvalue weighted by molar-refractivity contribution is -0.123. The number of nitrogens with zero attached hydrogens (tertiary/aromatic N) is 2. The molecule has 0 saturated heterocycles. The maximum Gasteiger partial charge on any atom is 0.242 e. The summed E-state index contributed by atoms with van der Waals surface area (Å²) in [4.78, 5) is 12.1. The van der Waals surface area contributed by atoms with Crippen LogP contribution in [0.25, 0.3) is 0 Å². The molecule has 2 rings (SSSR count). The summed E-state index contributed by atoms with van der Waals surface area (Å²) in [5.41, 5.74) is 7.65. The van der Waals surface area contributed by atoms with E-state index >= 15 is 0 Å². The molecule has 1 heterocycles. The number of carbonyl (C=O) groups excluding carboxylic acids is 1. The van der Waals surface area contributed by atoms with Gasteiger partial charge in [-0.2, -0.15) is 5.10 Å². The van der Waals surface area contributed by atoms with Crippen molar-refractivity contribution in [2.24, 2.45) is 12.8 Å². The molecule has 2 unspecified atom stereocenters. The minimum Gasteiger partial charge on any atom is -0.348 e. The average Bonchev–Trinajstić information content (AvgIpc) is 2.84. The van der Waals surface area contributed by atoms with Crippen molar-refractivity contribution >= 4 is 21.8 Å². The van der Waals surface area contributed by atoms with Crippen molar-refractivity contribution in [1.29, 1.82) is 0 Å². The van der Waals surface area contributed by atoms with Gasteiger partial charge in [0.25, 0.3) is 0 Å². The first-order valence-corrected chi connectivity index (χ1v) is 7.06. The number of carbonyl (C=O) groups is 1. The van der Waals surface area contributed by atoms with Crippen LogP contribution in [0.4, 0.5) is 0 Å². The molecule has 0 aliphatic rings. The lowest BCUT2D eigenvalue weighted by atomic mass is 10.1. The molecule has 3 N–H and O–H groups in total. The predicted molar refractivity (Wildman–Crippen MR) is 80.8 cm³/mol. The molecule has 0 radical (unpaired) electrons. The van der Waals surface area contributed by atoms with Crippen LogP contribution in [0.2, 0.25) is 0 Å². The second-order valence-corrected chi connectivity index (χ2v) is 5.63. The molecule has 0 spiro atoms. The summed E-state index contributed by atoms with van der Waals surface area (Å²) in [5, 5.41) is 6.93. The molecule has 0 aliphatic heterocycles. The Bertz CT molecular complexity index is 611. The van der Waals surface area contributed by atoms with Crippen LogP contribution < -0.4 is 11.1 Å². The van der Waals surface area contributed by atoms with Gasteiger partial charge in [-0.15, -0.1) is 0 Å². The first-order chi connectivity index (χ1) is 9.47. The van der Waals surface area contributed by atoms with Gasteiger partial charge in [-0.25, -0.2) is 0 Å². The topological polar surface area (TPSA) is 72.9 Å². The molecule has 20 heavy (non-hydrogen) atoms. The third kappa shape index (κ3) is 3.46. The number of hydrogen-bond donors (Lipinski definition) is 2. The minimum atomic E-state index is -0.710. The zero-order valence-corrected chi connectivity index (χ0v) is 13.0. The third-order valence-corrected chi connectivity index (χ3v) is 3.57. The summed E-state index contributed by atoms with van der Waals surface area (Å²) in [7, 11) is 1.79. The van der Waals surface area contributed by atoms with Gasteiger partial charge in [0, 0.05) is 23.3 Å². The molecular formula is C14H17BrN4O. The number of hydrogen-bond acceptors (Lipinski definition) is 3. The highest BCUT2D eigenvalue weighted by molar-refractivity contribution is 9.10. The van der Waals surface area contributed by atoms with Crippen LogP contribution in [0.15, 0.2) is 41.1 Å². The zero-order chi connectivity index (χ0) is 14.7. The second-order valence-electron chi connectivity index (χ2n) is 4.71. The number of rotatable bonds is 4. The van der Waals surface area contributed by atoms with Gasteiger partial charge in [0.1, 0.15) is 6.04 Å². The molecule has 2 atom stereocenters. The Kier molecular flexibility index (Phi) is 4.57. The number of benzene rings is 1. The number of halogens is 1. The van der Waals surface area contributed by atoms with E-state index in [0.29, 0.717) is 5.56 Å². The van der Waals surface area contributed by atoms with Crippen molar-refractivity contribution in [2.45, 2.75) is 19.0 Å². The van der Waals surface area contributed by atoms with E-state index < -0.39 is 6.04 Å². The first-order valence-electron chi connectivity index (χ1n) is 6.27. The van der Waals surface area contributed by atoms with Crippen molar-refractivity contribution < 1.29 is 4.79 Å². The summed E-state index contributed by atoms with van der Waals surface area (Å²) in [6.45, 7) is 1.93. The van der Waals surface area contributed by atoms with E-state index in [-0.39, 0.29) is 11.9 Å². The van der Waals surface area contributed by atoms with Crippen molar-refractivity contribution in [2.75, 3.05) is 0 Å². The van der Waals surface area contributed by atoms with Gasteiger partial charge in [0.05, 0.1) is 12.2 Å². The van der Waals surface area contributed by atoms with Crippen LogP contribution in [-0.2, 0) is 11.8 Å². The molecule has 0 saturated carbocycles. The molecule has 1 aromatic heterocycles. The molecule has 6 heteroatoms. The van der Waals surface area contributed by atoms with Crippen molar-refractivity contribution in [1.82, 2.24) is 15.1 Å². The second kappa shape index (κ2) is 6.19. The fraction of sp³-hybridized carbons (Fsp3) is 0.286. The smallest absolute Gasteiger partial charge is 0.242 e. The number of nitrogens with two attached hydrogens (primary N) is 1. The number of amides is 1. The monoisotopic (exact) mass is 336 g/mol. The maximum atomic E-state index is 12.1. The minimum absolute atomic E-state index is 0.109. The highest BCUT2D eigenvalue weighted by Gasteiger charge is 2.19. The highest BCUT2D eigenvalue weighted by Crippen LogP contribution is 2.19. The Morgan fingerprint density at radius 1 is 1.45 bits per heavy atom. The van der Waals surface area contributed by atoms with Crippen LogP contribution in [0.5, 0.6) is 0 Å². The largest absolute Gasteiger partial charge is 0.348 e. The molecule has 1 aromatic carbocycles. The fourth-order valence-electron chi connectivity index (χ4n) is 1.91. The molecule has 2 aromatic rings. The van der Waals surface area contributed by atoms with Crippen molar-refractivity contribution in [3.8, 4) is 0 Å². The van der Waals surface area contributed by atoms with Gasteiger partial charge in [-0.05, 0) is 24.6 Å². The Labute approximate surface area is 126 Å². The summed E-state index contributed by atoms with van der Waals surface area (Å²) < 4.78 is 2.60. The Morgan fingerprint density at radius 2 is 2.20 bits per heavy atom. The van der Waals surface area contributed by atoms with Crippen molar-refractivity contribution in [3.05, 3.63) is 52.3 Å². The van der Waals surface area contributed by atoms with E-state index in [9.17, 15) is 4.79 Å². The van der Waals surface area contributed by atoms with Crippen LogP contribution in [-0.4, -0.2) is 15.7 Å². The van der Waals surface area contributed by atoms with E-state index in [1.807, 2.05) is 31.2 Å². The molecule has 0 fully saturated rings. The lowest BCUT2D eigenvalue weighted by Gasteiger charge is -2.17. The van der Waals surface area contributed by atoms with E-state index in [0.717, 1.165) is 10.0 Å². The van der Waals surface area contributed by atoms with E-state index in [1.54, 1.807) is 24.1 Å². The first kappa shape index (κ1) is 14.7. The van der Waals surface area contributed by atoms with E-state index in [1.165, 1.54) is 0 Å². The molecule has 106 valence electrons. The van der Waals surface area contributed by atoms with Gasteiger partial charge in [0.15, 0.2) is 0 Å². The van der Waals surface area contributed by atoms with E-state index in [2.05, 4.69) is 26.3 Å². The summed E-state index contributed by atoms with van der Waals surface area (Å²) in [6.07, 6.45) is 3.35. The number of aromatic nitrogens is 2. The normalized spacial score (nSPS) is 13.8. The maximum absolute atomic E-state index is 12.1. The van der Waals surface area contributed by atoms with Gasteiger partial charge in [-0.3, -0.25) is 9.48 Å². The number of aryl methyl sites for hydroxylation is 1. The SMILES string of the molecule is CC(NC(=O)C(N)c1cnn(C)c1)c1cccc(Br)c1. The molecule has 0 aliphatic carbocycles. The summed E-state index contributed by atoms with van der Waals surface area (Å²) >= 11 is 3.42. The fourth-order valence-corrected chi connectivity index (χ4v) is 2.33. The van der Waals surface area contributed by atoms with Crippen LogP contribution in [0.3, 0.4) is 0 Å². The van der Waals surface area contributed by atoms with Gasteiger partial charge < -0.3 is 11.1 Å². The molecular weight excluding hydrogens is 320 g/mol. The van der Waals surface area contributed by atoms with Gasteiger partial charge >= 0.3 is 0 Å². The van der Waals surface area contributed by atoms with Crippen LogP contribution in [0, 0.1) is 0 Å². The quantitative estimate of drug-likeness (QED) is 0.897. The van der Waals surface area contributed by atoms with Crippen molar-refractivity contribution in [3.63, 3.8) is 0 Å². The standard InChI is InChI=1S/C14H17BrN4O/c1-9(10-4-3-5-12(15)6-10)18-14(20)13(16)11-7-17-19(2)8-11/h3-9,13H,16H2,1-2H3,(H,18,20). The Balaban J connectivity index is 2.04. The molecule has 5 nitrogen and oxygen atoms in total. The zero-order valence-electron chi connectivity index (χ0n) is 11.4. The third-order valence-electron chi connectivity index (χ3n) is 3.07.